The molecule has 2 aromatic rings. The number of rotatable bonds is 6. The fourth-order valence-corrected chi connectivity index (χ4v) is 3.13. The first-order valence-corrected chi connectivity index (χ1v) is 7.33. The van der Waals surface area contributed by atoms with Crippen molar-refractivity contribution in [2.24, 2.45) is 0 Å². The van der Waals surface area contributed by atoms with Crippen molar-refractivity contribution in [1.82, 2.24) is 10.3 Å². The third-order valence-corrected chi connectivity index (χ3v) is 4.44. The Kier molecular flexibility index (Phi) is 4.93. The Labute approximate surface area is 118 Å². The van der Waals surface area contributed by atoms with Crippen LogP contribution in [0.2, 0.25) is 0 Å². The van der Waals surface area contributed by atoms with Gasteiger partial charge in [0.05, 0.1) is 7.11 Å². The largest absolute Gasteiger partial charge is 0.481 e. The minimum atomic E-state index is 0.229. The molecule has 0 aromatic carbocycles. The Balaban J connectivity index is 2.19. The van der Waals surface area contributed by atoms with Crippen LogP contribution in [0.3, 0.4) is 0 Å². The SMILES string of the molecule is CCc1ccc(CC(NC)c2cccnc2OC)s1. The molecule has 0 bridgehead atoms. The molecule has 4 heteroatoms. The third-order valence-electron chi connectivity index (χ3n) is 3.19. The van der Waals surface area contributed by atoms with Crippen LogP contribution in [0.1, 0.15) is 28.3 Å². The number of hydrogen-bond donors (Lipinski definition) is 1. The van der Waals surface area contributed by atoms with Crippen LogP contribution < -0.4 is 10.1 Å². The van der Waals surface area contributed by atoms with Crippen molar-refractivity contribution in [2.75, 3.05) is 14.2 Å². The van der Waals surface area contributed by atoms with E-state index in [1.807, 2.05) is 24.5 Å². The molecule has 1 atom stereocenters. The Morgan fingerprint density at radius 3 is 2.74 bits per heavy atom. The zero-order valence-electron chi connectivity index (χ0n) is 11.6. The van der Waals surface area contributed by atoms with Gasteiger partial charge in [0.25, 0.3) is 0 Å². The van der Waals surface area contributed by atoms with Gasteiger partial charge in [-0.15, -0.1) is 11.3 Å². The molecule has 0 saturated heterocycles. The van der Waals surface area contributed by atoms with Gasteiger partial charge in [-0.2, -0.15) is 0 Å². The number of aryl methyl sites for hydroxylation is 1. The molecule has 1 N–H and O–H groups in total. The average molecular weight is 276 g/mol. The van der Waals surface area contributed by atoms with E-state index < -0.39 is 0 Å². The smallest absolute Gasteiger partial charge is 0.217 e. The second-order valence-corrected chi connectivity index (χ2v) is 5.62. The molecule has 0 fully saturated rings. The molecule has 0 amide bonds. The molecule has 19 heavy (non-hydrogen) atoms. The number of ether oxygens (including phenoxy) is 1. The maximum atomic E-state index is 5.34. The number of hydrogen-bond acceptors (Lipinski definition) is 4. The van der Waals surface area contributed by atoms with Gasteiger partial charge in [0.15, 0.2) is 0 Å². The molecule has 2 heterocycles. The summed E-state index contributed by atoms with van der Waals surface area (Å²) in [6.45, 7) is 2.19. The zero-order valence-corrected chi connectivity index (χ0v) is 12.5. The molecule has 0 aliphatic heterocycles. The van der Waals surface area contributed by atoms with Gasteiger partial charge < -0.3 is 10.1 Å². The molecule has 0 radical (unpaired) electrons. The summed E-state index contributed by atoms with van der Waals surface area (Å²) in [5.74, 6) is 0.703. The maximum Gasteiger partial charge on any atom is 0.217 e. The number of thiophene rings is 1. The lowest BCUT2D eigenvalue weighted by atomic mass is 10.0. The van der Waals surface area contributed by atoms with E-state index in [0.29, 0.717) is 5.88 Å². The van der Waals surface area contributed by atoms with Crippen molar-refractivity contribution in [1.29, 1.82) is 0 Å². The molecule has 0 saturated carbocycles. The monoisotopic (exact) mass is 276 g/mol. The topological polar surface area (TPSA) is 34.2 Å². The van der Waals surface area contributed by atoms with Gasteiger partial charge in [0.1, 0.15) is 0 Å². The number of nitrogens with zero attached hydrogens (tertiary/aromatic N) is 1. The summed E-state index contributed by atoms with van der Waals surface area (Å²) in [5, 5.41) is 3.36. The standard InChI is InChI=1S/C15H20N2OS/c1-4-11-7-8-12(19-11)10-14(16-2)13-6-5-9-17-15(13)18-3/h5-9,14,16H,4,10H2,1-3H3. The summed E-state index contributed by atoms with van der Waals surface area (Å²) in [6, 6.07) is 8.69. The van der Waals surface area contributed by atoms with Gasteiger partial charge in [-0.3, -0.25) is 0 Å². The second-order valence-electron chi connectivity index (χ2n) is 4.37. The van der Waals surface area contributed by atoms with Gasteiger partial charge in [-0.05, 0) is 31.7 Å². The van der Waals surface area contributed by atoms with Crippen molar-refractivity contribution in [3.63, 3.8) is 0 Å². The van der Waals surface area contributed by atoms with Crippen LogP contribution in [0.25, 0.3) is 0 Å². The normalized spacial score (nSPS) is 12.4. The Hall–Kier alpha value is -1.39. The van der Waals surface area contributed by atoms with E-state index in [1.165, 1.54) is 9.75 Å². The van der Waals surface area contributed by atoms with E-state index in [0.717, 1.165) is 18.4 Å². The van der Waals surface area contributed by atoms with Crippen LogP contribution in [-0.4, -0.2) is 19.1 Å². The average Bonchev–Trinajstić information content (AvgIpc) is 2.92. The molecule has 0 aliphatic carbocycles. The highest BCUT2D eigenvalue weighted by Gasteiger charge is 2.16. The molecule has 0 spiro atoms. The van der Waals surface area contributed by atoms with Crippen LogP contribution >= 0.6 is 11.3 Å². The summed E-state index contributed by atoms with van der Waals surface area (Å²) in [6.07, 6.45) is 3.82. The van der Waals surface area contributed by atoms with Crippen molar-refractivity contribution < 1.29 is 4.74 Å². The second kappa shape index (κ2) is 6.68. The number of aromatic nitrogens is 1. The summed E-state index contributed by atoms with van der Waals surface area (Å²) in [4.78, 5) is 7.09. The highest BCUT2D eigenvalue weighted by molar-refractivity contribution is 7.11. The minimum Gasteiger partial charge on any atom is -0.481 e. The first kappa shape index (κ1) is 14.0. The first-order chi connectivity index (χ1) is 9.28. The first-order valence-electron chi connectivity index (χ1n) is 6.52. The summed E-state index contributed by atoms with van der Waals surface area (Å²) < 4.78 is 5.34. The molecule has 2 aromatic heterocycles. The van der Waals surface area contributed by atoms with Gasteiger partial charge in [0.2, 0.25) is 5.88 Å². The molecule has 1 unspecified atom stereocenters. The molecule has 3 nitrogen and oxygen atoms in total. The maximum absolute atomic E-state index is 5.34. The number of likely N-dealkylation sites (N-methyl/N-ethyl adjacent to an activating group) is 1. The van der Waals surface area contributed by atoms with E-state index in [4.69, 9.17) is 4.74 Å². The van der Waals surface area contributed by atoms with Gasteiger partial charge in [-0.25, -0.2) is 4.98 Å². The Morgan fingerprint density at radius 1 is 1.32 bits per heavy atom. The van der Waals surface area contributed by atoms with Crippen LogP contribution in [-0.2, 0) is 12.8 Å². The van der Waals surface area contributed by atoms with E-state index in [1.54, 1.807) is 13.3 Å². The number of nitrogens with one attached hydrogen (secondary N) is 1. The fourth-order valence-electron chi connectivity index (χ4n) is 2.13. The van der Waals surface area contributed by atoms with Crippen molar-refractivity contribution in [2.45, 2.75) is 25.8 Å². The number of pyridine rings is 1. The predicted octanol–water partition coefficient (Wildman–Crippen LogP) is 3.22. The zero-order chi connectivity index (χ0) is 13.7. The van der Waals surface area contributed by atoms with Gasteiger partial charge >= 0.3 is 0 Å². The molecular weight excluding hydrogens is 256 g/mol. The highest BCUT2D eigenvalue weighted by atomic mass is 32.1. The van der Waals surface area contributed by atoms with Crippen molar-refractivity contribution in [3.8, 4) is 5.88 Å². The lowest BCUT2D eigenvalue weighted by Gasteiger charge is -2.17. The molecule has 2 rings (SSSR count). The van der Waals surface area contributed by atoms with Crippen LogP contribution in [0.5, 0.6) is 5.88 Å². The van der Waals surface area contributed by atoms with Crippen LogP contribution in [0.15, 0.2) is 30.5 Å². The van der Waals surface area contributed by atoms with Gasteiger partial charge in [0, 0.05) is 34.0 Å². The summed E-state index contributed by atoms with van der Waals surface area (Å²) >= 11 is 1.88. The fraction of sp³-hybridized carbons (Fsp3) is 0.400. The highest BCUT2D eigenvalue weighted by Crippen LogP contribution is 2.28. The van der Waals surface area contributed by atoms with Crippen LogP contribution in [0, 0.1) is 0 Å². The predicted molar refractivity (Wildman–Crippen MR) is 80.0 cm³/mol. The van der Waals surface area contributed by atoms with E-state index in [-0.39, 0.29) is 6.04 Å². The lowest BCUT2D eigenvalue weighted by Crippen LogP contribution is -2.19. The van der Waals surface area contributed by atoms with E-state index in [9.17, 15) is 0 Å². The minimum absolute atomic E-state index is 0.229. The number of methoxy groups -OCH3 is 1. The third kappa shape index (κ3) is 3.33. The molecular formula is C15H20N2OS. The van der Waals surface area contributed by atoms with Crippen molar-refractivity contribution >= 4 is 11.3 Å². The summed E-state index contributed by atoms with van der Waals surface area (Å²) in [7, 11) is 3.64. The Bertz CT molecular complexity index is 524. The van der Waals surface area contributed by atoms with Crippen molar-refractivity contribution in [3.05, 3.63) is 45.8 Å². The Morgan fingerprint density at radius 2 is 2.11 bits per heavy atom. The lowest BCUT2D eigenvalue weighted by molar-refractivity contribution is 0.384. The molecule has 0 aliphatic rings. The molecule has 102 valence electrons. The summed E-state index contributed by atoms with van der Waals surface area (Å²) in [5.41, 5.74) is 1.11. The quantitative estimate of drug-likeness (QED) is 0.879. The van der Waals surface area contributed by atoms with E-state index >= 15 is 0 Å². The van der Waals surface area contributed by atoms with Crippen LogP contribution in [0.4, 0.5) is 0 Å². The van der Waals surface area contributed by atoms with Gasteiger partial charge in [-0.1, -0.05) is 13.0 Å². The van der Waals surface area contributed by atoms with E-state index in [2.05, 4.69) is 35.4 Å².